The van der Waals surface area contributed by atoms with Crippen molar-refractivity contribution in [2.24, 2.45) is 0 Å². The average molecular weight is 342 g/mol. The van der Waals surface area contributed by atoms with Crippen molar-refractivity contribution in [2.45, 2.75) is 20.0 Å². The summed E-state index contributed by atoms with van der Waals surface area (Å²) in [5.41, 5.74) is 0.640. The smallest absolute Gasteiger partial charge is 0.352 e. The van der Waals surface area contributed by atoms with Gasteiger partial charge in [-0.15, -0.1) is 0 Å². The number of hydrogen-bond acceptors (Lipinski definition) is 5. The third-order valence-electron chi connectivity index (χ3n) is 3.60. The highest BCUT2D eigenvalue weighted by Gasteiger charge is 2.18. The van der Waals surface area contributed by atoms with E-state index in [0.29, 0.717) is 11.3 Å². The molecule has 0 amide bonds. The van der Waals surface area contributed by atoms with Crippen molar-refractivity contribution in [1.29, 1.82) is 0 Å². The monoisotopic (exact) mass is 342 g/mol. The van der Waals surface area contributed by atoms with Crippen LogP contribution in [0.5, 0.6) is 11.5 Å². The zero-order valence-electron chi connectivity index (χ0n) is 13.6. The molecule has 0 saturated carbocycles. The lowest BCUT2D eigenvalue weighted by atomic mass is 10.1. The van der Waals surface area contributed by atoms with Crippen LogP contribution in [0.2, 0.25) is 0 Å². The average Bonchev–Trinajstić information content (AvgIpc) is 2.56. The molecule has 1 heterocycles. The van der Waals surface area contributed by atoms with Crippen LogP contribution in [-0.2, 0) is 4.79 Å². The molecular formula is C19H15FO5. The summed E-state index contributed by atoms with van der Waals surface area (Å²) in [6.07, 6.45) is -0.898. The maximum atomic E-state index is 12.9. The van der Waals surface area contributed by atoms with Crippen LogP contribution < -0.4 is 15.1 Å². The predicted octanol–water partition coefficient (Wildman–Crippen LogP) is 3.61. The second-order valence-corrected chi connectivity index (χ2v) is 5.54. The SMILES string of the molecule is Cc1cc(=O)oc2cc(OC(=O)C(C)Oc3ccc(F)cc3)ccc12. The number of carbonyl (C=O) groups is 1. The fourth-order valence-corrected chi connectivity index (χ4v) is 2.33. The van der Waals surface area contributed by atoms with Gasteiger partial charge < -0.3 is 13.9 Å². The van der Waals surface area contributed by atoms with E-state index in [1.54, 1.807) is 19.1 Å². The first kappa shape index (κ1) is 16.7. The van der Waals surface area contributed by atoms with Crippen LogP contribution >= 0.6 is 0 Å². The van der Waals surface area contributed by atoms with Crippen molar-refractivity contribution >= 4 is 16.9 Å². The Morgan fingerprint density at radius 2 is 1.76 bits per heavy atom. The van der Waals surface area contributed by atoms with Gasteiger partial charge in [0.15, 0.2) is 6.10 Å². The fraction of sp³-hybridized carbons (Fsp3) is 0.158. The topological polar surface area (TPSA) is 65.7 Å². The largest absolute Gasteiger partial charge is 0.479 e. The first-order valence-corrected chi connectivity index (χ1v) is 7.61. The van der Waals surface area contributed by atoms with E-state index in [9.17, 15) is 14.0 Å². The summed E-state index contributed by atoms with van der Waals surface area (Å²) in [4.78, 5) is 23.6. The van der Waals surface area contributed by atoms with Gasteiger partial charge in [0.25, 0.3) is 0 Å². The third kappa shape index (κ3) is 3.85. The summed E-state index contributed by atoms with van der Waals surface area (Å²) in [6, 6.07) is 11.5. The molecule has 0 aliphatic carbocycles. The van der Waals surface area contributed by atoms with E-state index in [0.717, 1.165) is 10.9 Å². The number of aryl methyl sites for hydroxylation is 1. The van der Waals surface area contributed by atoms with Gasteiger partial charge in [0.05, 0.1) is 0 Å². The molecule has 1 unspecified atom stereocenters. The van der Waals surface area contributed by atoms with Gasteiger partial charge in [-0.1, -0.05) is 0 Å². The van der Waals surface area contributed by atoms with Gasteiger partial charge in [0, 0.05) is 17.5 Å². The molecule has 2 aromatic carbocycles. The predicted molar refractivity (Wildman–Crippen MR) is 89.3 cm³/mol. The Balaban J connectivity index is 1.74. The number of hydrogen-bond donors (Lipinski definition) is 0. The van der Waals surface area contributed by atoms with Gasteiger partial charge in [-0.05, 0) is 55.8 Å². The van der Waals surface area contributed by atoms with Crippen molar-refractivity contribution in [1.82, 2.24) is 0 Å². The lowest BCUT2D eigenvalue weighted by Crippen LogP contribution is -2.28. The summed E-state index contributed by atoms with van der Waals surface area (Å²) in [6.45, 7) is 3.32. The Morgan fingerprint density at radius 1 is 1.08 bits per heavy atom. The number of fused-ring (bicyclic) bond motifs is 1. The number of esters is 1. The Hall–Kier alpha value is -3.15. The first-order chi connectivity index (χ1) is 11.9. The van der Waals surface area contributed by atoms with Crippen LogP contribution in [0, 0.1) is 12.7 Å². The molecule has 0 N–H and O–H groups in total. The zero-order valence-corrected chi connectivity index (χ0v) is 13.6. The van der Waals surface area contributed by atoms with Gasteiger partial charge in [0.1, 0.15) is 22.9 Å². The van der Waals surface area contributed by atoms with Gasteiger partial charge in [-0.25, -0.2) is 14.0 Å². The first-order valence-electron chi connectivity index (χ1n) is 7.61. The van der Waals surface area contributed by atoms with Crippen LogP contribution in [0.4, 0.5) is 4.39 Å². The van der Waals surface area contributed by atoms with Crippen LogP contribution in [0.1, 0.15) is 12.5 Å². The Morgan fingerprint density at radius 3 is 2.48 bits per heavy atom. The Labute approximate surface area is 142 Å². The number of halogens is 1. The van der Waals surface area contributed by atoms with Gasteiger partial charge in [0.2, 0.25) is 0 Å². The van der Waals surface area contributed by atoms with Crippen molar-refractivity contribution < 1.29 is 23.1 Å². The molecule has 0 fully saturated rings. The van der Waals surface area contributed by atoms with Crippen LogP contribution in [-0.4, -0.2) is 12.1 Å². The van der Waals surface area contributed by atoms with Gasteiger partial charge >= 0.3 is 11.6 Å². The van der Waals surface area contributed by atoms with E-state index in [1.807, 2.05) is 0 Å². The van der Waals surface area contributed by atoms with Crippen LogP contribution in [0.3, 0.4) is 0 Å². The lowest BCUT2D eigenvalue weighted by molar-refractivity contribution is -0.141. The molecular weight excluding hydrogens is 327 g/mol. The molecule has 0 saturated heterocycles. The fourth-order valence-electron chi connectivity index (χ4n) is 2.33. The molecule has 3 aromatic rings. The molecule has 0 radical (unpaired) electrons. The molecule has 0 aliphatic rings. The second kappa shape index (κ2) is 6.76. The van der Waals surface area contributed by atoms with E-state index in [4.69, 9.17) is 13.9 Å². The highest BCUT2D eigenvalue weighted by Crippen LogP contribution is 2.23. The normalized spacial score (nSPS) is 12.0. The van der Waals surface area contributed by atoms with Crippen molar-refractivity contribution in [3.05, 3.63) is 70.3 Å². The summed E-state index contributed by atoms with van der Waals surface area (Å²) >= 11 is 0. The highest BCUT2D eigenvalue weighted by atomic mass is 19.1. The minimum Gasteiger partial charge on any atom is -0.479 e. The van der Waals surface area contributed by atoms with E-state index in [-0.39, 0.29) is 5.75 Å². The Bertz CT molecular complexity index is 975. The van der Waals surface area contributed by atoms with E-state index in [1.165, 1.54) is 43.3 Å². The van der Waals surface area contributed by atoms with Crippen LogP contribution in [0.15, 0.2) is 57.7 Å². The number of carbonyl (C=O) groups excluding carboxylic acids is 1. The third-order valence-corrected chi connectivity index (χ3v) is 3.60. The zero-order chi connectivity index (χ0) is 18.0. The molecule has 1 atom stereocenters. The summed E-state index contributed by atoms with van der Waals surface area (Å²) in [5.74, 6) is -0.430. The molecule has 0 bridgehead atoms. The van der Waals surface area contributed by atoms with E-state index in [2.05, 4.69) is 0 Å². The maximum Gasteiger partial charge on any atom is 0.352 e. The maximum absolute atomic E-state index is 12.9. The summed E-state index contributed by atoms with van der Waals surface area (Å²) in [5, 5.41) is 0.759. The molecule has 6 heteroatoms. The number of ether oxygens (including phenoxy) is 2. The van der Waals surface area contributed by atoms with Crippen molar-refractivity contribution in [3.63, 3.8) is 0 Å². The quantitative estimate of drug-likeness (QED) is 0.412. The molecule has 3 rings (SSSR count). The van der Waals surface area contributed by atoms with Crippen molar-refractivity contribution in [3.8, 4) is 11.5 Å². The molecule has 5 nitrogen and oxygen atoms in total. The minimum absolute atomic E-state index is 0.237. The lowest BCUT2D eigenvalue weighted by Gasteiger charge is -2.14. The molecule has 25 heavy (non-hydrogen) atoms. The molecule has 0 aliphatic heterocycles. The molecule has 0 spiro atoms. The molecule has 1 aromatic heterocycles. The van der Waals surface area contributed by atoms with Gasteiger partial charge in [-0.2, -0.15) is 0 Å². The second-order valence-electron chi connectivity index (χ2n) is 5.54. The number of rotatable bonds is 4. The highest BCUT2D eigenvalue weighted by molar-refractivity contribution is 5.83. The van der Waals surface area contributed by atoms with E-state index < -0.39 is 23.5 Å². The van der Waals surface area contributed by atoms with E-state index >= 15 is 0 Å². The molecule has 128 valence electrons. The summed E-state index contributed by atoms with van der Waals surface area (Å²) in [7, 11) is 0. The van der Waals surface area contributed by atoms with Crippen LogP contribution in [0.25, 0.3) is 11.0 Å². The minimum atomic E-state index is -0.898. The number of benzene rings is 2. The standard InChI is InChI=1S/C19H15FO5/c1-11-9-18(21)25-17-10-15(7-8-16(11)17)24-19(22)12(2)23-14-5-3-13(20)4-6-14/h3-10,12H,1-2H3. The van der Waals surface area contributed by atoms with Crippen molar-refractivity contribution in [2.75, 3.05) is 0 Å². The summed E-state index contributed by atoms with van der Waals surface area (Å²) < 4.78 is 28.7. The van der Waals surface area contributed by atoms with Gasteiger partial charge in [-0.3, -0.25) is 0 Å². The Kier molecular flexibility index (Phi) is 4.52.